The lowest BCUT2D eigenvalue weighted by molar-refractivity contribution is 0.0913. The highest BCUT2D eigenvalue weighted by Gasteiger charge is 2.21. The first-order valence-corrected chi connectivity index (χ1v) is 10.5. The predicted molar refractivity (Wildman–Crippen MR) is 128 cm³/mol. The zero-order valence-electron chi connectivity index (χ0n) is 18.4. The third-order valence-corrected chi connectivity index (χ3v) is 5.38. The Kier molecular flexibility index (Phi) is 6.71. The van der Waals surface area contributed by atoms with Crippen molar-refractivity contribution < 1.29 is 19.4 Å². The van der Waals surface area contributed by atoms with E-state index in [9.17, 15) is 9.90 Å². The first kappa shape index (κ1) is 22.1. The van der Waals surface area contributed by atoms with Gasteiger partial charge in [-0.15, -0.1) is 0 Å². The van der Waals surface area contributed by atoms with E-state index in [0.29, 0.717) is 27.9 Å². The maximum absolute atomic E-state index is 13.1. The molecule has 7 heteroatoms. The molecule has 0 aliphatic rings. The van der Waals surface area contributed by atoms with Gasteiger partial charge >= 0.3 is 0 Å². The number of carbonyl (C=O) groups excluding carboxylic acids is 1. The number of aromatic amines is 1. The fraction of sp³-hybridized carbons (Fsp3) is 0.154. The van der Waals surface area contributed by atoms with Crippen molar-refractivity contribution in [2.75, 3.05) is 20.8 Å². The Bertz CT molecular complexity index is 1280. The van der Waals surface area contributed by atoms with Crippen LogP contribution in [0.5, 0.6) is 11.5 Å². The van der Waals surface area contributed by atoms with Gasteiger partial charge in [-0.2, -0.15) is 5.10 Å². The predicted octanol–water partition coefficient (Wildman–Crippen LogP) is 4.21. The molecule has 0 spiro atoms. The van der Waals surface area contributed by atoms with Gasteiger partial charge in [0.15, 0.2) is 0 Å². The van der Waals surface area contributed by atoms with Gasteiger partial charge < -0.3 is 19.9 Å². The highest BCUT2D eigenvalue weighted by molar-refractivity contribution is 6.05. The Morgan fingerprint density at radius 3 is 2.61 bits per heavy atom. The number of nitrogens with zero attached hydrogens (tertiary/aromatic N) is 1. The average Bonchev–Trinajstić information content (AvgIpc) is 3.29. The minimum atomic E-state index is -0.532. The first-order valence-electron chi connectivity index (χ1n) is 10.5. The van der Waals surface area contributed by atoms with E-state index in [-0.39, 0.29) is 12.5 Å². The molecule has 3 aromatic carbocycles. The maximum atomic E-state index is 13.1. The lowest BCUT2D eigenvalue weighted by atomic mass is 10.0. The number of benzene rings is 3. The van der Waals surface area contributed by atoms with E-state index >= 15 is 0 Å². The number of nitrogens with one attached hydrogen (secondary N) is 2. The van der Waals surface area contributed by atoms with Crippen LogP contribution in [0.3, 0.4) is 0 Å². The van der Waals surface area contributed by atoms with Crippen molar-refractivity contribution in [3.05, 3.63) is 89.1 Å². The molecular weight excluding hydrogens is 418 g/mol. The summed E-state index contributed by atoms with van der Waals surface area (Å²) in [6.07, 6.45) is 3.81. The summed E-state index contributed by atoms with van der Waals surface area (Å²) in [6, 6.07) is 19.9. The van der Waals surface area contributed by atoms with Crippen LogP contribution >= 0.6 is 0 Å². The third kappa shape index (κ3) is 4.73. The number of amides is 1. The maximum Gasteiger partial charge on any atom is 0.255 e. The number of aliphatic hydroxyl groups is 1. The molecule has 4 aromatic rings. The fourth-order valence-corrected chi connectivity index (χ4v) is 3.69. The van der Waals surface area contributed by atoms with Gasteiger partial charge in [0.2, 0.25) is 0 Å². The SMILES string of the molecule is COc1cccc(C=Cc2[nH]nc3ccc(C(=O)N[C@H](CO)c4ccccc4)c(OC)c23)c1. The molecule has 0 fully saturated rings. The largest absolute Gasteiger partial charge is 0.497 e. The van der Waals surface area contributed by atoms with E-state index in [1.54, 1.807) is 19.2 Å². The molecule has 0 saturated carbocycles. The van der Waals surface area contributed by atoms with Crippen LogP contribution in [0.1, 0.15) is 33.2 Å². The Morgan fingerprint density at radius 2 is 1.88 bits per heavy atom. The number of fused-ring (bicyclic) bond motifs is 1. The number of hydrogen-bond acceptors (Lipinski definition) is 5. The van der Waals surface area contributed by atoms with Gasteiger partial charge in [-0.05, 0) is 41.5 Å². The summed E-state index contributed by atoms with van der Waals surface area (Å²) in [5, 5.41) is 20.8. The van der Waals surface area contributed by atoms with Crippen LogP contribution in [0.15, 0.2) is 66.7 Å². The second-order valence-corrected chi connectivity index (χ2v) is 7.41. The lowest BCUT2D eigenvalue weighted by Crippen LogP contribution is -2.31. The smallest absolute Gasteiger partial charge is 0.255 e. The summed E-state index contributed by atoms with van der Waals surface area (Å²) in [4.78, 5) is 13.1. The summed E-state index contributed by atoms with van der Waals surface area (Å²) in [6.45, 7) is -0.222. The molecule has 0 aliphatic heterocycles. The molecule has 7 nitrogen and oxygen atoms in total. The molecule has 0 aliphatic carbocycles. The number of hydrogen-bond donors (Lipinski definition) is 3. The zero-order chi connectivity index (χ0) is 23.2. The summed E-state index contributed by atoms with van der Waals surface area (Å²) in [7, 11) is 3.15. The van der Waals surface area contributed by atoms with Crippen molar-refractivity contribution in [3.63, 3.8) is 0 Å². The van der Waals surface area contributed by atoms with Crippen molar-refractivity contribution in [2.24, 2.45) is 0 Å². The first-order chi connectivity index (χ1) is 16.1. The molecule has 168 valence electrons. The number of rotatable bonds is 8. The summed E-state index contributed by atoms with van der Waals surface area (Å²) >= 11 is 0. The van der Waals surface area contributed by atoms with Crippen LogP contribution in [-0.4, -0.2) is 42.0 Å². The van der Waals surface area contributed by atoms with E-state index in [1.165, 1.54) is 7.11 Å². The van der Waals surface area contributed by atoms with E-state index in [1.807, 2.05) is 66.7 Å². The normalized spacial score (nSPS) is 12.1. The molecule has 4 rings (SSSR count). The van der Waals surface area contributed by atoms with Crippen LogP contribution in [0.2, 0.25) is 0 Å². The van der Waals surface area contributed by atoms with Gasteiger partial charge in [0.05, 0.1) is 49.0 Å². The van der Waals surface area contributed by atoms with Gasteiger partial charge in [-0.3, -0.25) is 9.89 Å². The molecule has 1 amide bonds. The minimum Gasteiger partial charge on any atom is -0.497 e. The van der Waals surface area contributed by atoms with Gasteiger partial charge in [0.1, 0.15) is 11.5 Å². The van der Waals surface area contributed by atoms with E-state index in [4.69, 9.17) is 9.47 Å². The Labute approximate surface area is 191 Å². The number of H-pyrrole nitrogens is 1. The number of aliphatic hydroxyl groups excluding tert-OH is 1. The van der Waals surface area contributed by atoms with E-state index in [2.05, 4.69) is 15.5 Å². The van der Waals surface area contributed by atoms with Crippen molar-refractivity contribution in [1.82, 2.24) is 15.5 Å². The lowest BCUT2D eigenvalue weighted by Gasteiger charge is -2.18. The molecular formula is C26H25N3O4. The molecule has 0 radical (unpaired) electrons. The summed E-state index contributed by atoms with van der Waals surface area (Å²) < 4.78 is 10.9. The standard InChI is InChI=1S/C26H25N3O4/c1-32-19-10-6-7-17(15-19)11-13-21-24-22(29-28-21)14-12-20(25(24)33-2)26(31)27-23(16-30)18-8-4-3-5-9-18/h3-15,23,30H,16H2,1-2H3,(H,27,31)(H,28,29)/t23-/m1/s1. The molecule has 33 heavy (non-hydrogen) atoms. The monoisotopic (exact) mass is 443 g/mol. The van der Waals surface area contributed by atoms with Crippen molar-refractivity contribution >= 4 is 29.0 Å². The molecule has 0 bridgehead atoms. The molecule has 3 N–H and O–H groups in total. The molecule has 0 saturated heterocycles. The molecule has 1 aromatic heterocycles. The average molecular weight is 444 g/mol. The van der Waals surface area contributed by atoms with Gasteiger partial charge in [0, 0.05) is 0 Å². The van der Waals surface area contributed by atoms with Crippen LogP contribution in [0.25, 0.3) is 23.1 Å². The van der Waals surface area contributed by atoms with E-state index in [0.717, 1.165) is 16.9 Å². The topological polar surface area (TPSA) is 96.5 Å². The van der Waals surface area contributed by atoms with Crippen LogP contribution in [0.4, 0.5) is 0 Å². The Hall–Kier alpha value is -4.10. The summed E-state index contributed by atoms with van der Waals surface area (Å²) in [5.41, 5.74) is 3.52. The van der Waals surface area contributed by atoms with Crippen molar-refractivity contribution in [2.45, 2.75) is 6.04 Å². The minimum absolute atomic E-state index is 0.222. The second kappa shape index (κ2) is 10.0. The molecule has 1 heterocycles. The van der Waals surface area contributed by atoms with Crippen LogP contribution < -0.4 is 14.8 Å². The fourth-order valence-electron chi connectivity index (χ4n) is 3.69. The Morgan fingerprint density at radius 1 is 1.06 bits per heavy atom. The van der Waals surface area contributed by atoms with Crippen LogP contribution in [-0.2, 0) is 0 Å². The number of aromatic nitrogens is 2. The zero-order valence-corrected chi connectivity index (χ0v) is 18.4. The van der Waals surface area contributed by atoms with Gasteiger partial charge in [-0.25, -0.2) is 0 Å². The van der Waals surface area contributed by atoms with Gasteiger partial charge in [-0.1, -0.05) is 48.5 Å². The Balaban J connectivity index is 1.67. The summed E-state index contributed by atoms with van der Waals surface area (Å²) in [5.74, 6) is 0.828. The molecule has 1 atom stereocenters. The quantitative estimate of drug-likeness (QED) is 0.379. The van der Waals surface area contributed by atoms with E-state index < -0.39 is 6.04 Å². The van der Waals surface area contributed by atoms with Gasteiger partial charge in [0.25, 0.3) is 5.91 Å². The number of ether oxygens (including phenoxy) is 2. The van der Waals surface area contributed by atoms with Crippen molar-refractivity contribution in [1.29, 1.82) is 0 Å². The number of methoxy groups -OCH3 is 2. The molecule has 0 unspecified atom stereocenters. The highest BCUT2D eigenvalue weighted by Crippen LogP contribution is 2.32. The van der Waals surface area contributed by atoms with Crippen LogP contribution in [0, 0.1) is 0 Å². The second-order valence-electron chi connectivity index (χ2n) is 7.41. The number of carbonyl (C=O) groups is 1. The third-order valence-electron chi connectivity index (χ3n) is 5.38. The van der Waals surface area contributed by atoms with Crippen molar-refractivity contribution in [3.8, 4) is 11.5 Å². The highest BCUT2D eigenvalue weighted by atomic mass is 16.5.